The first kappa shape index (κ1) is 17.2. The van der Waals surface area contributed by atoms with Crippen LogP contribution in [0, 0.1) is 19.7 Å². The Bertz CT molecular complexity index is 958. The van der Waals surface area contributed by atoms with Crippen molar-refractivity contribution in [3.63, 3.8) is 0 Å². The number of aryl methyl sites for hydroxylation is 4. The lowest BCUT2D eigenvalue weighted by Gasteiger charge is -2.27. The van der Waals surface area contributed by atoms with Crippen LogP contribution in [0.5, 0.6) is 0 Å². The van der Waals surface area contributed by atoms with E-state index in [1.807, 2.05) is 0 Å². The molecule has 0 fully saturated rings. The summed E-state index contributed by atoms with van der Waals surface area (Å²) in [6, 6.07) is 6.20. The van der Waals surface area contributed by atoms with E-state index < -0.39 is 0 Å². The van der Waals surface area contributed by atoms with Crippen molar-refractivity contribution < 1.29 is 4.39 Å². The second-order valence-electron chi connectivity index (χ2n) is 7.44. The number of pyridine rings is 1. The molecule has 0 radical (unpaired) electrons. The van der Waals surface area contributed by atoms with Crippen LogP contribution in [-0.4, -0.2) is 27.5 Å². The summed E-state index contributed by atoms with van der Waals surface area (Å²) in [4.78, 5) is 6.51. The van der Waals surface area contributed by atoms with E-state index in [1.165, 1.54) is 39.5 Å². The van der Waals surface area contributed by atoms with Gasteiger partial charge in [0.05, 0.1) is 11.7 Å². The topological polar surface area (TPSA) is 21.1 Å². The molecule has 3 nitrogen and oxygen atoms in total. The summed E-state index contributed by atoms with van der Waals surface area (Å²) in [6.45, 7) is 10.7. The fraction of sp³-hybridized carbons (Fsp3) is 0.409. The molecule has 0 spiro atoms. The van der Waals surface area contributed by atoms with E-state index >= 15 is 0 Å². The zero-order valence-electron chi connectivity index (χ0n) is 15.8. The molecule has 0 saturated carbocycles. The number of likely N-dealkylation sites (N-methyl/N-ethyl adjacent to an activating group) is 1. The molecule has 1 aliphatic heterocycles. The standard InChI is InChI=1S/C22H26FN3/c1-4-25-7-6-21-20(14-25)19-10-15(2)9-16(3)22(19)26(21)8-5-17-11-18(23)13-24-12-17/h9-13H,4-8,14H2,1-3H3. The summed E-state index contributed by atoms with van der Waals surface area (Å²) in [6.07, 6.45) is 4.92. The number of aromatic nitrogens is 2. The van der Waals surface area contributed by atoms with Crippen molar-refractivity contribution in [2.45, 2.75) is 46.7 Å². The van der Waals surface area contributed by atoms with Crippen LogP contribution in [-0.2, 0) is 25.9 Å². The quantitative estimate of drug-likeness (QED) is 0.694. The molecule has 1 aromatic carbocycles. The normalized spacial score (nSPS) is 14.8. The number of benzene rings is 1. The molecule has 4 rings (SSSR count). The van der Waals surface area contributed by atoms with Crippen LogP contribution in [0.1, 0.15) is 34.9 Å². The molecule has 3 aromatic rings. The van der Waals surface area contributed by atoms with Gasteiger partial charge in [0.25, 0.3) is 0 Å². The van der Waals surface area contributed by atoms with Gasteiger partial charge in [0.2, 0.25) is 0 Å². The lowest BCUT2D eigenvalue weighted by Crippen LogP contribution is -2.30. The number of fused-ring (bicyclic) bond motifs is 3. The van der Waals surface area contributed by atoms with Gasteiger partial charge < -0.3 is 4.57 Å². The summed E-state index contributed by atoms with van der Waals surface area (Å²) in [5, 5.41) is 1.40. The number of halogens is 1. The van der Waals surface area contributed by atoms with Crippen molar-refractivity contribution in [2.24, 2.45) is 0 Å². The monoisotopic (exact) mass is 351 g/mol. The number of hydrogen-bond acceptors (Lipinski definition) is 2. The van der Waals surface area contributed by atoms with Gasteiger partial charge in [0.15, 0.2) is 0 Å². The van der Waals surface area contributed by atoms with Gasteiger partial charge in [-0.3, -0.25) is 9.88 Å². The summed E-state index contributed by atoms with van der Waals surface area (Å²) in [5.41, 5.74) is 7.90. The average molecular weight is 351 g/mol. The van der Waals surface area contributed by atoms with Crippen LogP contribution in [0.3, 0.4) is 0 Å². The molecule has 0 atom stereocenters. The highest BCUT2D eigenvalue weighted by molar-refractivity contribution is 5.89. The Balaban J connectivity index is 1.78. The maximum absolute atomic E-state index is 13.5. The maximum atomic E-state index is 13.5. The number of nitrogens with zero attached hydrogens (tertiary/aromatic N) is 3. The minimum atomic E-state index is -0.257. The summed E-state index contributed by atoms with van der Waals surface area (Å²) < 4.78 is 16.0. The van der Waals surface area contributed by atoms with Gasteiger partial charge >= 0.3 is 0 Å². The Labute approximate surface area is 154 Å². The number of rotatable bonds is 4. The number of hydrogen-bond donors (Lipinski definition) is 0. The van der Waals surface area contributed by atoms with E-state index in [1.54, 1.807) is 12.3 Å². The van der Waals surface area contributed by atoms with Crippen LogP contribution in [0.2, 0.25) is 0 Å². The Morgan fingerprint density at radius 3 is 2.77 bits per heavy atom. The molecule has 1 aliphatic rings. The fourth-order valence-corrected chi connectivity index (χ4v) is 4.38. The molecule has 0 unspecified atom stereocenters. The van der Waals surface area contributed by atoms with Crippen molar-refractivity contribution >= 4 is 10.9 Å². The summed E-state index contributed by atoms with van der Waals surface area (Å²) in [5.74, 6) is -0.257. The van der Waals surface area contributed by atoms with E-state index in [9.17, 15) is 4.39 Å². The minimum absolute atomic E-state index is 0.257. The lowest BCUT2D eigenvalue weighted by atomic mass is 10.0. The third-order valence-corrected chi connectivity index (χ3v) is 5.59. The van der Waals surface area contributed by atoms with Gasteiger partial charge in [0.1, 0.15) is 5.82 Å². The van der Waals surface area contributed by atoms with Crippen molar-refractivity contribution in [1.82, 2.24) is 14.5 Å². The van der Waals surface area contributed by atoms with Gasteiger partial charge in [-0.15, -0.1) is 0 Å². The zero-order chi connectivity index (χ0) is 18.3. The van der Waals surface area contributed by atoms with Gasteiger partial charge in [0, 0.05) is 43.3 Å². The Morgan fingerprint density at radius 2 is 2.00 bits per heavy atom. The van der Waals surface area contributed by atoms with E-state index in [-0.39, 0.29) is 5.82 Å². The van der Waals surface area contributed by atoms with Crippen LogP contribution in [0.15, 0.2) is 30.6 Å². The third kappa shape index (κ3) is 3.03. The first-order chi connectivity index (χ1) is 12.6. The highest BCUT2D eigenvalue weighted by Gasteiger charge is 2.24. The summed E-state index contributed by atoms with van der Waals surface area (Å²) in [7, 11) is 0. The molecule has 0 amide bonds. The molecule has 136 valence electrons. The highest BCUT2D eigenvalue weighted by atomic mass is 19.1. The first-order valence-electron chi connectivity index (χ1n) is 9.49. The predicted octanol–water partition coefficient (Wildman–Crippen LogP) is 4.41. The van der Waals surface area contributed by atoms with Crippen LogP contribution < -0.4 is 0 Å². The van der Waals surface area contributed by atoms with E-state index in [0.29, 0.717) is 0 Å². The molecule has 0 bridgehead atoms. The van der Waals surface area contributed by atoms with Crippen molar-refractivity contribution in [1.29, 1.82) is 0 Å². The van der Waals surface area contributed by atoms with Crippen molar-refractivity contribution in [3.8, 4) is 0 Å². The molecule has 0 N–H and O–H groups in total. The van der Waals surface area contributed by atoms with E-state index in [4.69, 9.17) is 0 Å². The zero-order valence-corrected chi connectivity index (χ0v) is 15.8. The van der Waals surface area contributed by atoms with Gasteiger partial charge in [-0.1, -0.05) is 18.6 Å². The largest absolute Gasteiger partial charge is 0.344 e. The predicted molar refractivity (Wildman–Crippen MR) is 104 cm³/mol. The average Bonchev–Trinajstić information content (AvgIpc) is 2.93. The third-order valence-electron chi connectivity index (χ3n) is 5.59. The molecular weight excluding hydrogens is 325 g/mol. The Kier molecular flexibility index (Phi) is 4.53. The van der Waals surface area contributed by atoms with Crippen LogP contribution >= 0.6 is 0 Å². The molecular formula is C22H26FN3. The molecule has 0 saturated heterocycles. The molecule has 4 heteroatoms. The molecule has 26 heavy (non-hydrogen) atoms. The van der Waals surface area contributed by atoms with Crippen molar-refractivity contribution in [3.05, 3.63) is 64.4 Å². The van der Waals surface area contributed by atoms with Gasteiger partial charge in [-0.25, -0.2) is 4.39 Å². The molecule has 3 heterocycles. The SMILES string of the molecule is CCN1CCc2c(c3cc(C)cc(C)c3n2CCc2cncc(F)c2)C1. The smallest absolute Gasteiger partial charge is 0.141 e. The maximum Gasteiger partial charge on any atom is 0.141 e. The molecule has 0 aliphatic carbocycles. The Morgan fingerprint density at radius 1 is 1.15 bits per heavy atom. The Hall–Kier alpha value is -2.20. The van der Waals surface area contributed by atoms with Gasteiger partial charge in [-0.2, -0.15) is 0 Å². The van der Waals surface area contributed by atoms with Crippen molar-refractivity contribution in [2.75, 3.05) is 13.1 Å². The van der Waals surface area contributed by atoms with E-state index in [0.717, 1.165) is 44.6 Å². The summed E-state index contributed by atoms with van der Waals surface area (Å²) >= 11 is 0. The van der Waals surface area contributed by atoms with E-state index in [2.05, 4.69) is 47.4 Å². The van der Waals surface area contributed by atoms with Crippen LogP contribution in [0.25, 0.3) is 10.9 Å². The second kappa shape index (κ2) is 6.84. The van der Waals surface area contributed by atoms with Gasteiger partial charge in [-0.05, 0) is 55.6 Å². The second-order valence-corrected chi connectivity index (χ2v) is 7.44. The lowest BCUT2D eigenvalue weighted by molar-refractivity contribution is 0.265. The first-order valence-corrected chi connectivity index (χ1v) is 9.49. The highest BCUT2D eigenvalue weighted by Crippen LogP contribution is 2.34. The van der Waals surface area contributed by atoms with Crippen LogP contribution in [0.4, 0.5) is 4.39 Å². The molecule has 2 aromatic heterocycles. The minimum Gasteiger partial charge on any atom is -0.344 e. The fourth-order valence-electron chi connectivity index (χ4n) is 4.38.